The van der Waals surface area contributed by atoms with Crippen LogP contribution in [0.5, 0.6) is 0 Å². The maximum atomic E-state index is 14.1. The fraction of sp³-hybridized carbons (Fsp3) is 0.0385. The monoisotopic (exact) mass is 395 g/mol. The molecule has 3 nitrogen and oxygen atoms in total. The van der Waals surface area contributed by atoms with Crippen molar-refractivity contribution >= 4 is 17.6 Å². The molecule has 0 fully saturated rings. The molecule has 0 heterocycles. The molecule has 0 aliphatic rings. The van der Waals surface area contributed by atoms with Gasteiger partial charge < -0.3 is 16.5 Å². The van der Waals surface area contributed by atoms with E-state index in [4.69, 9.17) is 11.1 Å². The van der Waals surface area contributed by atoms with Gasteiger partial charge in [0.05, 0.1) is 5.69 Å². The van der Waals surface area contributed by atoms with Crippen molar-refractivity contribution in [2.45, 2.75) is 5.54 Å². The summed E-state index contributed by atoms with van der Waals surface area (Å²) < 4.78 is 14.1. The molecule has 0 atom stereocenters. The lowest BCUT2D eigenvalue weighted by molar-refractivity contribution is 0.632. The largest absolute Gasteiger partial charge is 0.396 e. The first-order valence-electron chi connectivity index (χ1n) is 9.69. The fourth-order valence-electron chi connectivity index (χ4n) is 3.82. The van der Waals surface area contributed by atoms with Gasteiger partial charge in [-0.05, 0) is 28.8 Å². The normalized spacial score (nSPS) is 11.1. The average molecular weight is 395 g/mol. The molecule has 0 radical (unpaired) electrons. The van der Waals surface area contributed by atoms with Crippen molar-refractivity contribution < 1.29 is 4.39 Å². The lowest BCUT2D eigenvalue weighted by atomic mass is 9.76. The van der Waals surface area contributed by atoms with Crippen LogP contribution in [-0.2, 0) is 5.54 Å². The van der Waals surface area contributed by atoms with E-state index in [2.05, 4.69) is 41.7 Å². The Labute approximate surface area is 175 Å². The second-order valence-electron chi connectivity index (χ2n) is 7.08. The van der Waals surface area contributed by atoms with Crippen LogP contribution in [0.3, 0.4) is 0 Å². The van der Waals surface area contributed by atoms with Crippen LogP contribution < -0.4 is 11.1 Å². The third kappa shape index (κ3) is 3.44. The van der Waals surface area contributed by atoms with Crippen LogP contribution in [0.25, 0.3) is 0 Å². The van der Waals surface area contributed by atoms with Crippen LogP contribution in [-0.4, -0.2) is 6.21 Å². The number of halogens is 1. The van der Waals surface area contributed by atoms with Gasteiger partial charge in [-0.3, -0.25) is 0 Å². The number of nitrogen functional groups attached to an aromatic ring is 1. The molecule has 0 bridgehead atoms. The van der Waals surface area contributed by atoms with Gasteiger partial charge in [-0.15, -0.1) is 0 Å². The third-order valence-corrected chi connectivity index (χ3v) is 5.27. The van der Waals surface area contributed by atoms with E-state index in [0.29, 0.717) is 11.3 Å². The zero-order valence-electron chi connectivity index (χ0n) is 16.3. The minimum atomic E-state index is -0.772. The van der Waals surface area contributed by atoms with Gasteiger partial charge in [0.15, 0.2) is 0 Å². The molecule has 0 amide bonds. The Bertz CT molecular complexity index is 1050. The smallest absolute Gasteiger partial charge is 0.146 e. The lowest BCUT2D eigenvalue weighted by Gasteiger charge is -2.38. The molecule has 0 unspecified atom stereocenters. The quantitative estimate of drug-likeness (QED) is 0.219. The van der Waals surface area contributed by atoms with E-state index < -0.39 is 11.4 Å². The molecule has 148 valence electrons. The number of hydrogen-bond donors (Lipinski definition) is 3. The summed E-state index contributed by atoms with van der Waals surface area (Å²) in [6.07, 6.45) is 1.14. The highest BCUT2D eigenvalue weighted by molar-refractivity contribution is 5.88. The van der Waals surface area contributed by atoms with E-state index in [9.17, 15) is 4.39 Å². The zero-order valence-corrected chi connectivity index (χ0v) is 16.3. The van der Waals surface area contributed by atoms with Crippen LogP contribution in [0.15, 0.2) is 103 Å². The molecule has 4 aromatic carbocycles. The van der Waals surface area contributed by atoms with Crippen molar-refractivity contribution in [1.29, 1.82) is 5.41 Å². The average Bonchev–Trinajstić information content (AvgIpc) is 2.81. The first kappa shape index (κ1) is 19.4. The van der Waals surface area contributed by atoms with Crippen LogP contribution >= 0.6 is 0 Å². The van der Waals surface area contributed by atoms with E-state index in [1.807, 2.05) is 54.6 Å². The van der Waals surface area contributed by atoms with Crippen molar-refractivity contribution in [3.8, 4) is 0 Å². The number of nitrogens with two attached hydrogens (primary N) is 1. The van der Waals surface area contributed by atoms with Crippen LogP contribution in [0.1, 0.15) is 22.3 Å². The SMILES string of the molecule is N=Cc1cc(F)c(N)cc1NC(c1ccccc1)(c1ccccc1)c1ccccc1. The minimum Gasteiger partial charge on any atom is -0.396 e. The predicted molar refractivity (Wildman–Crippen MR) is 122 cm³/mol. The number of hydrogen-bond acceptors (Lipinski definition) is 3. The predicted octanol–water partition coefficient (Wildman–Crippen LogP) is 5.81. The highest BCUT2D eigenvalue weighted by Gasteiger charge is 2.36. The van der Waals surface area contributed by atoms with Crippen molar-refractivity contribution in [2.24, 2.45) is 0 Å². The van der Waals surface area contributed by atoms with Crippen LogP contribution in [0.4, 0.5) is 15.8 Å². The van der Waals surface area contributed by atoms with Crippen molar-refractivity contribution in [1.82, 2.24) is 0 Å². The standard InChI is InChI=1S/C26H22FN3/c27-23-16-19(18-28)25(17-24(23)29)30-26(20-10-4-1-5-11-20,21-12-6-2-7-13-21)22-14-8-3-9-15-22/h1-18,28,30H,29H2. The lowest BCUT2D eigenvalue weighted by Crippen LogP contribution is -2.38. The molecule has 0 spiro atoms. The number of anilines is 2. The van der Waals surface area contributed by atoms with Crippen LogP contribution in [0, 0.1) is 11.2 Å². The number of benzene rings is 4. The second kappa shape index (κ2) is 8.21. The summed E-state index contributed by atoms with van der Waals surface area (Å²) >= 11 is 0. The maximum Gasteiger partial charge on any atom is 0.146 e. The highest BCUT2D eigenvalue weighted by atomic mass is 19.1. The van der Waals surface area contributed by atoms with Gasteiger partial charge in [0.2, 0.25) is 0 Å². The molecule has 4 aromatic rings. The van der Waals surface area contributed by atoms with Crippen molar-refractivity contribution in [2.75, 3.05) is 11.1 Å². The molecule has 0 saturated heterocycles. The molecule has 0 saturated carbocycles. The van der Waals surface area contributed by atoms with E-state index in [1.54, 1.807) is 6.07 Å². The summed E-state index contributed by atoms with van der Waals surface area (Å²) in [5.74, 6) is -0.538. The van der Waals surface area contributed by atoms with Crippen molar-refractivity contribution in [3.63, 3.8) is 0 Å². The Morgan fingerprint density at radius 3 is 1.57 bits per heavy atom. The maximum absolute atomic E-state index is 14.1. The first-order chi connectivity index (χ1) is 14.6. The van der Waals surface area contributed by atoms with Gasteiger partial charge in [0, 0.05) is 17.5 Å². The molecule has 0 aromatic heterocycles. The Morgan fingerprint density at radius 1 is 0.733 bits per heavy atom. The van der Waals surface area contributed by atoms with E-state index in [0.717, 1.165) is 22.9 Å². The van der Waals surface area contributed by atoms with E-state index >= 15 is 0 Å². The summed E-state index contributed by atoms with van der Waals surface area (Å²) in [5, 5.41) is 11.4. The third-order valence-electron chi connectivity index (χ3n) is 5.27. The van der Waals surface area contributed by atoms with E-state index in [1.165, 1.54) is 6.07 Å². The molecule has 4 rings (SSSR count). The Hall–Kier alpha value is -3.92. The van der Waals surface area contributed by atoms with Gasteiger partial charge >= 0.3 is 0 Å². The Kier molecular flexibility index (Phi) is 5.31. The Balaban J connectivity index is 2.04. The summed E-state index contributed by atoms with van der Waals surface area (Å²) in [6.45, 7) is 0. The van der Waals surface area contributed by atoms with Gasteiger partial charge in [0.1, 0.15) is 11.4 Å². The molecule has 0 aliphatic heterocycles. The summed E-state index contributed by atoms with van der Waals surface area (Å²) in [7, 11) is 0. The highest BCUT2D eigenvalue weighted by Crippen LogP contribution is 2.41. The summed E-state index contributed by atoms with van der Waals surface area (Å²) in [6, 6.07) is 33.1. The fourth-order valence-corrected chi connectivity index (χ4v) is 3.82. The van der Waals surface area contributed by atoms with Gasteiger partial charge in [-0.2, -0.15) is 0 Å². The van der Waals surface area contributed by atoms with Gasteiger partial charge in [-0.1, -0.05) is 91.0 Å². The summed E-state index contributed by atoms with van der Waals surface area (Å²) in [5.41, 5.74) is 9.20. The first-order valence-corrected chi connectivity index (χ1v) is 9.69. The Morgan fingerprint density at radius 2 is 1.17 bits per heavy atom. The van der Waals surface area contributed by atoms with Crippen LogP contribution in [0.2, 0.25) is 0 Å². The molecule has 4 N–H and O–H groups in total. The molecular formula is C26H22FN3. The molecule has 4 heteroatoms. The molecule has 30 heavy (non-hydrogen) atoms. The van der Waals surface area contributed by atoms with Crippen molar-refractivity contribution in [3.05, 3.63) is 131 Å². The zero-order chi connectivity index (χ0) is 21.0. The van der Waals surface area contributed by atoms with Gasteiger partial charge in [-0.25, -0.2) is 4.39 Å². The molecular weight excluding hydrogens is 373 g/mol. The van der Waals surface area contributed by atoms with E-state index in [-0.39, 0.29) is 5.69 Å². The minimum absolute atomic E-state index is 0.0335. The summed E-state index contributed by atoms with van der Waals surface area (Å²) in [4.78, 5) is 0. The topological polar surface area (TPSA) is 61.9 Å². The number of rotatable bonds is 6. The van der Waals surface area contributed by atoms with Gasteiger partial charge in [0.25, 0.3) is 0 Å². The number of nitrogens with one attached hydrogen (secondary N) is 2. The second-order valence-corrected chi connectivity index (χ2v) is 7.08. The molecule has 0 aliphatic carbocycles.